The lowest BCUT2D eigenvalue weighted by atomic mass is 10.2. The molecule has 0 bridgehead atoms. The van der Waals surface area contributed by atoms with E-state index in [9.17, 15) is 9.90 Å². The molecule has 1 saturated heterocycles. The lowest BCUT2D eigenvalue weighted by Gasteiger charge is -2.21. The normalized spacial score (nSPS) is 20.4. The quantitative estimate of drug-likeness (QED) is 0.839. The molecule has 2 aromatic rings. The zero-order valence-corrected chi connectivity index (χ0v) is 10.8. The average molecular weight is 262 g/mol. The summed E-state index contributed by atoms with van der Waals surface area (Å²) >= 11 is 0. The predicted molar refractivity (Wildman–Crippen MR) is 71.1 cm³/mol. The highest BCUT2D eigenvalue weighted by Crippen LogP contribution is 2.15. The van der Waals surface area contributed by atoms with Gasteiger partial charge in [-0.05, 0) is 31.5 Å². The zero-order chi connectivity index (χ0) is 13.2. The molecule has 0 unspecified atom stereocenters. The van der Waals surface area contributed by atoms with Crippen LogP contribution in [-0.2, 0) is 6.54 Å². The third kappa shape index (κ3) is 2.29. The van der Waals surface area contributed by atoms with Gasteiger partial charge in [0.1, 0.15) is 0 Å². The van der Waals surface area contributed by atoms with Gasteiger partial charge in [-0.2, -0.15) is 0 Å². The molecule has 0 radical (unpaired) electrons. The second-order valence-electron chi connectivity index (χ2n) is 4.95. The maximum atomic E-state index is 12.1. The van der Waals surface area contributed by atoms with Crippen LogP contribution in [0.5, 0.6) is 0 Å². The van der Waals surface area contributed by atoms with Gasteiger partial charge < -0.3 is 5.11 Å². The van der Waals surface area contributed by atoms with E-state index in [1.54, 1.807) is 10.6 Å². The number of nitrogens with zero attached hydrogens (tertiary/aromatic N) is 4. The van der Waals surface area contributed by atoms with Gasteiger partial charge in [0.05, 0.1) is 13.2 Å². The molecule has 0 aromatic carbocycles. The van der Waals surface area contributed by atoms with E-state index in [-0.39, 0.29) is 18.3 Å². The van der Waals surface area contributed by atoms with Crippen molar-refractivity contribution in [3.05, 3.63) is 34.9 Å². The highest BCUT2D eigenvalue weighted by Gasteiger charge is 2.23. The largest absolute Gasteiger partial charge is 0.395 e. The summed E-state index contributed by atoms with van der Waals surface area (Å²) < 4.78 is 3.05. The number of fused-ring (bicyclic) bond motifs is 1. The van der Waals surface area contributed by atoms with E-state index in [0.29, 0.717) is 12.2 Å². The highest BCUT2D eigenvalue weighted by atomic mass is 16.3. The fraction of sp³-hybridized carbons (Fsp3) is 0.538. The fourth-order valence-electron chi connectivity index (χ4n) is 2.73. The molecule has 3 rings (SSSR count). The summed E-state index contributed by atoms with van der Waals surface area (Å²) in [5, 5.41) is 13.6. The zero-order valence-electron chi connectivity index (χ0n) is 10.8. The first-order chi connectivity index (χ1) is 9.29. The summed E-state index contributed by atoms with van der Waals surface area (Å²) in [7, 11) is 0. The van der Waals surface area contributed by atoms with Crippen molar-refractivity contribution in [2.75, 3.05) is 19.7 Å². The molecule has 1 N–H and O–H groups in total. The van der Waals surface area contributed by atoms with Crippen molar-refractivity contribution in [2.45, 2.75) is 25.4 Å². The first-order valence-corrected chi connectivity index (χ1v) is 6.69. The molecule has 6 nitrogen and oxygen atoms in total. The standard InChI is InChI=1S/C13H18N4O2/c18-10-11-4-3-6-15(11)8-9-17-13(19)16-7-2-1-5-12(16)14-17/h1-2,5,7,11,18H,3-4,6,8-10H2/t11-/m1/s1. The van der Waals surface area contributed by atoms with Gasteiger partial charge in [0.2, 0.25) is 0 Å². The van der Waals surface area contributed by atoms with Crippen molar-refractivity contribution in [1.29, 1.82) is 0 Å². The molecule has 0 amide bonds. The molecule has 1 aliphatic heterocycles. The lowest BCUT2D eigenvalue weighted by Crippen LogP contribution is -2.36. The van der Waals surface area contributed by atoms with E-state index in [4.69, 9.17) is 0 Å². The van der Waals surface area contributed by atoms with E-state index in [2.05, 4.69) is 10.00 Å². The molecular weight excluding hydrogens is 244 g/mol. The minimum Gasteiger partial charge on any atom is -0.395 e. The smallest absolute Gasteiger partial charge is 0.350 e. The van der Waals surface area contributed by atoms with Crippen LogP contribution < -0.4 is 5.69 Å². The Bertz CT molecular complexity index is 618. The number of likely N-dealkylation sites (tertiary alicyclic amines) is 1. The van der Waals surface area contributed by atoms with Gasteiger partial charge in [0.25, 0.3) is 0 Å². The van der Waals surface area contributed by atoms with Gasteiger partial charge in [-0.3, -0.25) is 9.30 Å². The van der Waals surface area contributed by atoms with Crippen LogP contribution in [0.15, 0.2) is 29.2 Å². The number of hydrogen-bond donors (Lipinski definition) is 1. The molecule has 0 spiro atoms. The summed E-state index contributed by atoms with van der Waals surface area (Å²) in [5.74, 6) is 0. The monoisotopic (exact) mass is 262 g/mol. The molecule has 1 fully saturated rings. The average Bonchev–Trinajstić information content (AvgIpc) is 3.01. The Morgan fingerprint density at radius 3 is 3.05 bits per heavy atom. The van der Waals surface area contributed by atoms with Crippen molar-refractivity contribution >= 4 is 5.65 Å². The van der Waals surface area contributed by atoms with Crippen LogP contribution in [0, 0.1) is 0 Å². The summed E-state index contributed by atoms with van der Waals surface area (Å²) in [6, 6.07) is 5.76. The first-order valence-electron chi connectivity index (χ1n) is 6.69. The van der Waals surface area contributed by atoms with Crippen LogP contribution in [0.2, 0.25) is 0 Å². The van der Waals surface area contributed by atoms with Crippen molar-refractivity contribution in [2.24, 2.45) is 0 Å². The molecular formula is C13H18N4O2. The molecule has 0 saturated carbocycles. The Kier molecular flexibility index (Phi) is 3.35. The van der Waals surface area contributed by atoms with Crippen molar-refractivity contribution in [3.8, 4) is 0 Å². The summed E-state index contributed by atoms with van der Waals surface area (Å²) in [5.41, 5.74) is 0.572. The third-order valence-electron chi connectivity index (χ3n) is 3.80. The van der Waals surface area contributed by atoms with Crippen LogP contribution >= 0.6 is 0 Å². The Hall–Kier alpha value is -1.66. The number of aliphatic hydroxyl groups is 1. The second kappa shape index (κ2) is 5.14. The maximum Gasteiger partial charge on any atom is 0.350 e. The van der Waals surface area contributed by atoms with Crippen LogP contribution in [0.1, 0.15) is 12.8 Å². The Morgan fingerprint density at radius 2 is 2.26 bits per heavy atom. The van der Waals surface area contributed by atoms with E-state index >= 15 is 0 Å². The minimum atomic E-state index is -0.102. The van der Waals surface area contributed by atoms with Gasteiger partial charge in [-0.1, -0.05) is 6.07 Å². The van der Waals surface area contributed by atoms with E-state index < -0.39 is 0 Å². The Morgan fingerprint density at radius 1 is 1.37 bits per heavy atom. The maximum absolute atomic E-state index is 12.1. The Balaban J connectivity index is 1.75. The van der Waals surface area contributed by atoms with Crippen LogP contribution in [0.4, 0.5) is 0 Å². The first kappa shape index (κ1) is 12.4. The molecule has 1 aliphatic rings. The summed E-state index contributed by atoms with van der Waals surface area (Å²) in [6.07, 6.45) is 3.88. The number of aliphatic hydroxyl groups excluding tert-OH is 1. The number of pyridine rings is 1. The van der Waals surface area contributed by atoms with Crippen LogP contribution in [0.3, 0.4) is 0 Å². The predicted octanol–water partition coefficient (Wildman–Crippen LogP) is -0.0473. The van der Waals surface area contributed by atoms with E-state index in [0.717, 1.165) is 25.9 Å². The van der Waals surface area contributed by atoms with Gasteiger partial charge in [-0.25, -0.2) is 9.48 Å². The van der Waals surface area contributed by atoms with Gasteiger partial charge in [0, 0.05) is 18.8 Å². The van der Waals surface area contributed by atoms with Crippen molar-refractivity contribution in [3.63, 3.8) is 0 Å². The molecule has 3 heterocycles. The number of hydrogen-bond acceptors (Lipinski definition) is 4. The SMILES string of the molecule is O=c1n(CCN2CCC[C@@H]2CO)nc2ccccn12. The minimum absolute atomic E-state index is 0.102. The Labute approximate surface area is 110 Å². The van der Waals surface area contributed by atoms with Crippen molar-refractivity contribution in [1.82, 2.24) is 19.1 Å². The molecule has 1 atom stereocenters. The number of rotatable bonds is 4. The number of aromatic nitrogens is 3. The molecule has 19 heavy (non-hydrogen) atoms. The van der Waals surface area contributed by atoms with E-state index in [1.165, 1.54) is 4.68 Å². The van der Waals surface area contributed by atoms with Crippen LogP contribution in [0.25, 0.3) is 5.65 Å². The molecule has 102 valence electrons. The fourth-order valence-corrected chi connectivity index (χ4v) is 2.73. The van der Waals surface area contributed by atoms with E-state index in [1.807, 2.05) is 18.2 Å². The molecule has 0 aliphatic carbocycles. The van der Waals surface area contributed by atoms with Crippen LogP contribution in [-0.4, -0.2) is 49.9 Å². The lowest BCUT2D eigenvalue weighted by molar-refractivity contribution is 0.153. The van der Waals surface area contributed by atoms with Gasteiger partial charge in [-0.15, -0.1) is 5.10 Å². The summed E-state index contributed by atoms with van der Waals surface area (Å²) in [6.45, 7) is 2.51. The topological polar surface area (TPSA) is 62.8 Å². The second-order valence-corrected chi connectivity index (χ2v) is 4.95. The highest BCUT2D eigenvalue weighted by molar-refractivity contribution is 5.35. The summed E-state index contributed by atoms with van der Waals surface area (Å²) in [4.78, 5) is 14.3. The van der Waals surface area contributed by atoms with Gasteiger partial charge >= 0.3 is 5.69 Å². The van der Waals surface area contributed by atoms with Gasteiger partial charge in [0.15, 0.2) is 5.65 Å². The molecule has 2 aromatic heterocycles. The third-order valence-corrected chi connectivity index (χ3v) is 3.80. The molecule has 6 heteroatoms. The van der Waals surface area contributed by atoms with Crippen molar-refractivity contribution < 1.29 is 5.11 Å².